The van der Waals surface area contributed by atoms with Gasteiger partial charge in [0.1, 0.15) is 0 Å². The number of sulfonamides is 1. The summed E-state index contributed by atoms with van der Waals surface area (Å²) in [5.41, 5.74) is 0.916. The standard InChI is InChI=1S/C19H23ClN2O3S/c1-19(2,15-7-4-3-5-8-15)14-21-18(23)11-12-22-26(24,25)17-10-6-9-16(20)13-17/h3-10,13,22H,11-12,14H2,1-2H3,(H,21,23). The summed E-state index contributed by atoms with van der Waals surface area (Å²) in [5, 5.41) is 3.20. The van der Waals surface area contributed by atoms with Gasteiger partial charge in [0, 0.05) is 29.9 Å². The predicted octanol–water partition coefficient (Wildman–Crippen LogP) is 3.10. The summed E-state index contributed by atoms with van der Waals surface area (Å²) in [6, 6.07) is 15.9. The average molecular weight is 395 g/mol. The van der Waals surface area contributed by atoms with Crippen molar-refractivity contribution in [3.05, 3.63) is 65.2 Å². The number of amides is 1. The van der Waals surface area contributed by atoms with E-state index in [9.17, 15) is 13.2 Å². The Bertz CT molecular complexity index is 852. The number of benzene rings is 2. The molecule has 2 aromatic rings. The number of carbonyl (C=O) groups excluding carboxylic acids is 1. The Balaban J connectivity index is 1.82. The van der Waals surface area contributed by atoms with E-state index in [4.69, 9.17) is 11.6 Å². The van der Waals surface area contributed by atoms with E-state index in [0.29, 0.717) is 11.6 Å². The van der Waals surface area contributed by atoms with Gasteiger partial charge in [0.2, 0.25) is 15.9 Å². The summed E-state index contributed by atoms with van der Waals surface area (Å²) in [6.07, 6.45) is 0.0602. The van der Waals surface area contributed by atoms with E-state index < -0.39 is 10.0 Å². The van der Waals surface area contributed by atoms with Crippen molar-refractivity contribution in [2.24, 2.45) is 0 Å². The number of halogens is 1. The van der Waals surface area contributed by atoms with Crippen LogP contribution >= 0.6 is 11.6 Å². The number of rotatable bonds is 8. The van der Waals surface area contributed by atoms with Gasteiger partial charge in [-0.15, -0.1) is 0 Å². The van der Waals surface area contributed by atoms with E-state index in [1.165, 1.54) is 12.1 Å². The summed E-state index contributed by atoms with van der Waals surface area (Å²) in [7, 11) is -3.68. The molecule has 0 aliphatic rings. The van der Waals surface area contributed by atoms with Crippen molar-refractivity contribution in [3.63, 3.8) is 0 Å². The molecular formula is C19H23ClN2O3S. The second-order valence-corrected chi connectivity index (χ2v) is 8.84. The molecule has 7 heteroatoms. The van der Waals surface area contributed by atoms with Crippen molar-refractivity contribution in [3.8, 4) is 0 Å². The minimum Gasteiger partial charge on any atom is -0.355 e. The zero-order valence-corrected chi connectivity index (χ0v) is 16.4. The zero-order chi connectivity index (χ0) is 19.2. The summed E-state index contributed by atoms with van der Waals surface area (Å²) >= 11 is 5.81. The topological polar surface area (TPSA) is 75.3 Å². The molecule has 0 radical (unpaired) electrons. The lowest BCUT2D eigenvalue weighted by Crippen LogP contribution is -2.38. The van der Waals surface area contributed by atoms with Crippen molar-refractivity contribution in [1.82, 2.24) is 10.0 Å². The van der Waals surface area contributed by atoms with Gasteiger partial charge in [-0.05, 0) is 23.8 Å². The van der Waals surface area contributed by atoms with Crippen LogP contribution in [0.2, 0.25) is 5.02 Å². The molecule has 0 saturated heterocycles. The second-order valence-electron chi connectivity index (χ2n) is 6.63. The molecule has 0 saturated carbocycles. The third-order valence-corrected chi connectivity index (χ3v) is 5.73. The quantitative estimate of drug-likeness (QED) is 0.722. The molecule has 0 fully saturated rings. The molecular weight excluding hydrogens is 372 g/mol. The van der Waals surface area contributed by atoms with E-state index in [0.717, 1.165) is 5.56 Å². The van der Waals surface area contributed by atoms with Gasteiger partial charge >= 0.3 is 0 Å². The van der Waals surface area contributed by atoms with Gasteiger partial charge < -0.3 is 5.32 Å². The van der Waals surface area contributed by atoms with Crippen LogP contribution in [-0.2, 0) is 20.2 Å². The minimum absolute atomic E-state index is 0.0203. The van der Waals surface area contributed by atoms with E-state index in [1.807, 2.05) is 44.2 Å². The second kappa shape index (κ2) is 8.66. The van der Waals surface area contributed by atoms with Crippen LogP contribution in [0.1, 0.15) is 25.8 Å². The lowest BCUT2D eigenvalue weighted by atomic mass is 9.84. The fraction of sp³-hybridized carbons (Fsp3) is 0.316. The Morgan fingerprint density at radius 1 is 1.08 bits per heavy atom. The molecule has 140 valence electrons. The molecule has 0 atom stereocenters. The molecule has 0 aromatic heterocycles. The average Bonchev–Trinajstić information content (AvgIpc) is 2.61. The Labute approximate surface area is 159 Å². The third kappa shape index (κ3) is 5.83. The summed E-state index contributed by atoms with van der Waals surface area (Å²) in [4.78, 5) is 12.1. The number of carbonyl (C=O) groups is 1. The molecule has 0 aliphatic heterocycles. The van der Waals surface area contributed by atoms with Crippen LogP contribution in [0.3, 0.4) is 0 Å². The van der Waals surface area contributed by atoms with Crippen molar-refractivity contribution in [1.29, 1.82) is 0 Å². The maximum atomic E-state index is 12.2. The number of hydrogen-bond acceptors (Lipinski definition) is 3. The maximum absolute atomic E-state index is 12.2. The van der Waals surface area contributed by atoms with Gasteiger partial charge in [0.05, 0.1) is 4.90 Å². The molecule has 0 unspecified atom stereocenters. The van der Waals surface area contributed by atoms with E-state index in [-0.39, 0.29) is 29.2 Å². The molecule has 0 bridgehead atoms. The van der Waals surface area contributed by atoms with Crippen LogP contribution in [0.4, 0.5) is 0 Å². The third-order valence-electron chi connectivity index (χ3n) is 4.03. The van der Waals surface area contributed by atoms with Crippen LogP contribution in [-0.4, -0.2) is 27.4 Å². The number of hydrogen-bond donors (Lipinski definition) is 2. The van der Waals surface area contributed by atoms with Gasteiger partial charge in [-0.3, -0.25) is 4.79 Å². The van der Waals surface area contributed by atoms with E-state index in [2.05, 4.69) is 10.0 Å². The predicted molar refractivity (Wildman–Crippen MR) is 104 cm³/mol. The van der Waals surface area contributed by atoms with Crippen molar-refractivity contribution in [2.75, 3.05) is 13.1 Å². The first kappa shape index (κ1) is 20.4. The van der Waals surface area contributed by atoms with E-state index >= 15 is 0 Å². The summed E-state index contributed by atoms with van der Waals surface area (Å²) in [6.45, 7) is 4.58. The highest BCUT2D eigenvalue weighted by molar-refractivity contribution is 7.89. The monoisotopic (exact) mass is 394 g/mol. The smallest absolute Gasteiger partial charge is 0.240 e. The molecule has 2 N–H and O–H groups in total. The van der Waals surface area contributed by atoms with Gasteiger partial charge in [-0.2, -0.15) is 0 Å². The Morgan fingerprint density at radius 3 is 2.42 bits per heavy atom. The maximum Gasteiger partial charge on any atom is 0.240 e. The first-order chi connectivity index (χ1) is 12.2. The van der Waals surface area contributed by atoms with Gasteiger partial charge in [0.15, 0.2) is 0 Å². The highest BCUT2D eigenvalue weighted by Crippen LogP contribution is 2.21. The highest BCUT2D eigenvalue weighted by atomic mass is 35.5. The van der Waals surface area contributed by atoms with Crippen LogP contribution in [0.25, 0.3) is 0 Å². The summed E-state index contributed by atoms with van der Waals surface area (Å²) < 4.78 is 26.7. The molecule has 2 aromatic carbocycles. The highest BCUT2D eigenvalue weighted by Gasteiger charge is 2.21. The SMILES string of the molecule is CC(C)(CNC(=O)CCNS(=O)(=O)c1cccc(Cl)c1)c1ccccc1. The molecule has 26 heavy (non-hydrogen) atoms. The fourth-order valence-electron chi connectivity index (χ4n) is 2.42. The molecule has 0 spiro atoms. The van der Waals surface area contributed by atoms with Crippen LogP contribution in [0.5, 0.6) is 0 Å². The zero-order valence-electron chi connectivity index (χ0n) is 14.8. The Kier molecular flexibility index (Phi) is 6.81. The number of nitrogens with one attached hydrogen (secondary N) is 2. The Morgan fingerprint density at radius 2 is 1.77 bits per heavy atom. The van der Waals surface area contributed by atoms with Crippen molar-refractivity contribution >= 4 is 27.5 Å². The lowest BCUT2D eigenvalue weighted by Gasteiger charge is -2.25. The van der Waals surface area contributed by atoms with Crippen LogP contribution < -0.4 is 10.0 Å². The molecule has 1 amide bonds. The van der Waals surface area contributed by atoms with Crippen molar-refractivity contribution in [2.45, 2.75) is 30.6 Å². The van der Waals surface area contributed by atoms with Crippen LogP contribution in [0.15, 0.2) is 59.5 Å². The van der Waals surface area contributed by atoms with E-state index in [1.54, 1.807) is 12.1 Å². The Hall–Kier alpha value is -1.89. The molecule has 0 heterocycles. The van der Waals surface area contributed by atoms with Gasteiger partial charge in [0.25, 0.3) is 0 Å². The van der Waals surface area contributed by atoms with Gasteiger partial charge in [-0.25, -0.2) is 13.1 Å². The first-order valence-corrected chi connectivity index (χ1v) is 10.1. The normalized spacial score (nSPS) is 12.0. The first-order valence-electron chi connectivity index (χ1n) is 8.28. The molecule has 5 nitrogen and oxygen atoms in total. The minimum atomic E-state index is -3.68. The van der Waals surface area contributed by atoms with Crippen LogP contribution in [0, 0.1) is 0 Å². The van der Waals surface area contributed by atoms with Crippen molar-refractivity contribution < 1.29 is 13.2 Å². The van der Waals surface area contributed by atoms with Gasteiger partial charge in [-0.1, -0.05) is 61.8 Å². The largest absolute Gasteiger partial charge is 0.355 e. The lowest BCUT2D eigenvalue weighted by molar-refractivity contribution is -0.121. The molecule has 2 rings (SSSR count). The molecule has 0 aliphatic carbocycles. The fourth-order valence-corrected chi connectivity index (χ4v) is 3.75. The summed E-state index contributed by atoms with van der Waals surface area (Å²) in [5.74, 6) is -0.206.